The van der Waals surface area contributed by atoms with Gasteiger partial charge in [0.2, 0.25) is 5.91 Å². The summed E-state index contributed by atoms with van der Waals surface area (Å²) >= 11 is 0. The summed E-state index contributed by atoms with van der Waals surface area (Å²) in [6.07, 6.45) is 0.743. The summed E-state index contributed by atoms with van der Waals surface area (Å²) in [5.41, 5.74) is 2.60. The van der Waals surface area contributed by atoms with Crippen LogP contribution in [0.4, 0.5) is 5.69 Å². The van der Waals surface area contributed by atoms with Crippen LogP contribution in [0.2, 0.25) is 0 Å². The number of nitrogens with one attached hydrogen (secondary N) is 1. The van der Waals surface area contributed by atoms with Gasteiger partial charge in [0.05, 0.1) is 5.92 Å². The minimum Gasteiger partial charge on any atom is -0.508 e. The van der Waals surface area contributed by atoms with E-state index in [1.807, 2.05) is 44.2 Å². The molecular weight excluding hydrogens is 250 g/mol. The first kappa shape index (κ1) is 14.1. The van der Waals surface area contributed by atoms with E-state index in [0.29, 0.717) is 0 Å². The van der Waals surface area contributed by atoms with Crippen molar-refractivity contribution in [2.75, 3.05) is 5.32 Å². The zero-order chi connectivity index (χ0) is 14.5. The zero-order valence-corrected chi connectivity index (χ0v) is 11.8. The molecule has 0 saturated heterocycles. The maximum Gasteiger partial charge on any atom is 0.231 e. The van der Waals surface area contributed by atoms with E-state index in [1.54, 1.807) is 18.2 Å². The molecule has 0 bridgehead atoms. The predicted octanol–water partition coefficient (Wildman–Crippen LogP) is 3.83. The summed E-state index contributed by atoms with van der Waals surface area (Å²) < 4.78 is 0. The Hall–Kier alpha value is -2.29. The molecule has 0 aromatic heterocycles. The molecule has 0 fully saturated rings. The van der Waals surface area contributed by atoms with E-state index in [4.69, 9.17) is 0 Å². The number of aromatic hydroxyl groups is 1. The Morgan fingerprint density at radius 3 is 2.50 bits per heavy atom. The lowest BCUT2D eigenvalue weighted by Gasteiger charge is -2.16. The van der Waals surface area contributed by atoms with Crippen LogP contribution in [0.15, 0.2) is 48.5 Å². The van der Waals surface area contributed by atoms with Crippen molar-refractivity contribution >= 4 is 11.6 Å². The lowest BCUT2D eigenvalue weighted by atomic mass is 9.95. The van der Waals surface area contributed by atoms with Crippen molar-refractivity contribution in [1.82, 2.24) is 0 Å². The minimum atomic E-state index is -0.163. The van der Waals surface area contributed by atoms with Gasteiger partial charge >= 0.3 is 0 Å². The number of phenols is 1. The third kappa shape index (κ3) is 3.18. The second-order valence-corrected chi connectivity index (χ2v) is 4.86. The average molecular weight is 269 g/mol. The molecule has 0 spiro atoms. The largest absolute Gasteiger partial charge is 0.508 e. The van der Waals surface area contributed by atoms with Crippen molar-refractivity contribution in [2.24, 2.45) is 0 Å². The molecule has 1 amide bonds. The Morgan fingerprint density at radius 2 is 1.90 bits per heavy atom. The van der Waals surface area contributed by atoms with Crippen molar-refractivity contribution in [1.29, 1.82) is 0 Å². The predicted molar refractivity (Wildman–Crippen MR) is 80.9 cm³/mol. The highest BCUT2D eigenvalue weighted by Crippen LogP contribution is 2.24. The Bertz CT molecular complexity index is 593. The maximum absolute atomic E-state index is 12.4. The van der Waals surface area contributed by atoms with E-state index < -0.39 is 0 Å². The molecule has 3 nitrogen and oxygen atoms in total. The highest BCUT2D eigenvalue weighted by atomic mass is 16.3. The van der Waals surface area contributed by atoms with Crippen molar-refractivity contribution in [2.45, 2.75) is 26.2 Å². The van der Waals surface area contributed by atoms with Gasteiger partial charge in [0.25, 0.3) is 0 Å². The molecule has 2 rings (SSSR count). The van der Waals surface area contributed by atoms with Crippen molar-refractivity contribution < 1.29 is 9.90 Å². The Balaban J connectivity index is 2.18. The number of hydrogen-bond acceptors (Lipinski definition) is 2. The molecule has 0 unspecified atom stereocenters. The highest BCUT2D eigenvalue weighted by molar-refractivity contribution is 5.96. The van der Waals surface area contributed by atoms with E-state index in [2.05, 4.69) is 5.32 Å². The quantitative estimate of drug-likeness (QED) is 0.829. The number of hydrogen-bond donors (Lipinski definition) is 2. The second-order valence-electron chi connectivity index (χ2n) is 4.86. The van der Waals surface area contributed by atoms with Crippen molar-refractivity contribution in [3.8, 4) is 5.75 Å². The fraction of sp³-hybridized carbons (Fsp3) is 0.235. The van der Waals surface area contributed by atoms with Crippen LogP contribution in [0, 0.1) is 6.92 Å². The minimum absolute atomic E-state index is 0.0208. The Kier molecular flexibility index (Phi) is 4.41. The van der Waals surface area contributed by atoms with Crippen molar-refractivity contribution in [3.63, 3.8) is 0 Å². The van der Waals surface area contributed by atoms with Crippen LogP contribution in [-0.2, 0) is 4.79 Å². The van der Waals surface area contributed by atoms with E-state index in [-0.39, 0.29) is 17.6 Å². The van der Waals surface area contributed by atoms with Crippen LogP contribution in [0.5, 0.6) is 5.75 Å². The van der Waals surface area contributed by atoms with Crippen LogP contribution in [0.3, 0.4) is 0 Å². The molecule has 0 aliphatic heterocycles. The van der Waals surface area contributed by atoms with Gasteiger partial charge in [-0.25, -0.2) is 0 Å². The van der Waals surface area contributed by atoms with Crippen LogP contribution < -0.4 is 5.32 Å². The Labute approximate surface area is 119 Å². The topological polar surface area (TPSA) is 49.3 Å². The summed E-state index contributed by atoms with van der Waals surface area (Å²) in [5, 5.41) is 12.3. The second kappa shape index (κ2) is 6.24. The molecule has 0 saturated carbocycles. The first-order valence-electron chi connectivity index (χ1n) is 6.77. The summed E-state index contributed by atoms with van der Waals surface area (Å²) in [6, 6.07) is 14.7. The van der Waals surface area contributed by atoms with Crippen molar-refractivity contribution in [3.05, 3.63) is 59.7 Å². The van der Waals surface area contributed by atoms with Gasteiger partial charge in [-0.2, -0.15) is 0 Å². The van der Waals surface area contributed by atoms with Crippen LogP contribution in [0.25, 0.3) is 0 Å². The number of phenolic OH excluding ortho intramolecular Hbond substituents is 1. The van der Waals surface area contributed by atoms with Crippen LogP contribution in [0.1, 0.15) is 30.4 Å². The van der Waals surface area contributed by atoms with E-state index in [1.165, 1.54) is 0 Å². The first-order chi connectivity index (χ1) is 9.61. The molecule has 1 atom stereocenters. The molecule has 0 radical (unpaired) electrons. The van der Waals surface area contributed by atoms with Gasteiger partial charge in [-0.05, 0) is 42.7 Å². The number of amides is 1. The number of rotatable bonds is 4. The summed E-state index contributed by atoms with van der Waals surface area (Å²) in [5.74, 6) is 0.0208. The zero-order valence-electron chi connectivity index (χ0n) is 11.8. The highest BCUT2D eigenvalue weighted by Gasteiger charge is 2.18. The lowest BCUT2D eigenvalue weighted by molar-refractivity contribution is -0.117. The Morgan fingerprint density at radius 1 is 1.20 bits per heavy atom. The smallest absolute Gasteiger partial charge is 0.231 e. The standard InChI is InChI=1S/C17H19NO2/c1-3-15(13-7-5-4-6-8-13)17(20)18-16-10-9-14(19)11-12(16)2/h4-11,15,19H,3H2,1-2H3,(H,18,20)/t15-/m1/s1. The lowest BCUT2D eigenvalue weighted by Crippen LogP contribution is -2.21. The van der Waals surface area contributed by atoms with Gasteiger partial charge in [0, 0.05) is 5.69 Å². The fourth-order valence-electron chi connectivity index (χ4n) is 2.27. The van der Waals surface area contributed by atoms with Crippen LogP contribution in [-0.4, -0.2) is 11.0 Å². The average Bonchev–Trinajstić information content (AvgIpc) is 2.44. The summed E-state index contributed by atoms with van der Waals surface area (Å²) in [4.78, 5) is 12.4. The van der Waals surface area contributed by atoms with Gasteiger partial charge in [-0.1, -0.05) is 37.3 Å². The molecular formula is C17H19NO2. The monoisotopic (exact) mass is 269 g/mol. The van der Waals surface area contributed by atoms with Gasteiger partial charge in [-0.15, -0.1) is 0 Å². The number of aryl methyl sites for hydroxylation is 1. The van der Waals surface area contributed by atoms with Gasteiger partial charge < -0.3 is 10.4 Å². The molecule has 0 aliphatic carbocycles. The van der Waals surface area contributed by atoms with Gasteiger partial charge in [-0.3, -0.25) is 4.79 Å². The molecule has 2 N–H and O–H groups in total. The number of benzene rings is 2. The normalized spacial score (nSPS) is 11.9. The van der Waals surface area contributed by atoms with Crippen LogP contribution >= 0.6 is 0 Å². The first-order valence-corrected chi connectivity index (χ1v) is 6.77. The molecule has 20 heavy (non-hydrogen) atoms. The molecule has 0 heterocycles. The van der Waals surface area contributed by atoms with E-state index in [0.717, 1.165) is 23.2 Å². The maximum atomic E-state index is 12.4. The van der Waals surface area contributed by atoms with E-state index >= 15 is 0 Å². The van der Waals surface area contributed by atoms with Gasteiger partial charge in [0.15, 0.2) is 0 Å². The number of carbonyl (C=O) groups excluding carboxylic acids is 1. The SMILES string of the molecule is CC[C@@H](C(=O)Nc1ccc(O)cc1C)c1ccccc1. The van der Waals surface area contributed by atoms with E-state index in [9.17, 15) is 9.90 Å². The number of carbonyl (C=O) groups is 1. The van der Waals surface area contributed by atoms with Gasteiger partial charge in [0.1, 0.15) is 5.75 Å². The molecule has 2 aromatic carbocycles. The third-order valence-corrected chi connectivity index (χ3v) is 3.39. The molecule has 104 valence electrons. The summed E-state index contributed by atoms with van der Waals surface area (Å²) in [6.45, 7) is 3.86. The molecule has 0 aliphatic rings. The number of anilines is 1. The fourth-order valence-corrected chi connectivity index (χ4v) is 2.27. The molecule has 2 aromatic rings. The summed E-state index contributed by atoms with van der Waals surface area (Å²) in [7, 11) is 0. The third-order valence-electron chi connectivity index (χ3n) is 3.39. The molecule has 3 heteroatoms.